The molecule has 0 aliphatic carbocycles. The molecule has 4 heterocycles. The molecule has 0 bridgehead atoms. The van der Waals surface area contributed by atoms with Gasteiger partial charge < -0.3 is 9.47 Å². The van der Waals surface area contributed by atoms with Gasteiger partial charge in [-0.1, -0.05) is 18.7 Å². The number of carbonyl (C=O) groups is 2. The number of fused-ring (bicyclic) bond motifs is 1. The first kappa shape index (κ1) is 20.2. The van der Waals surface area contributed by atoms with Crippen LogP contribution in [-0.4, -0.2) is 37.8 Å². The van der Waals surface area contributed by atoms with Gasteiger partial charge in [-0.25, -0.2) is 14.4 Å². The van der Waals surface area contributed by atoms with Gasteiger partial charge in [0.1, 0.15) is 5.83 Å². The van der Waals surface area contributed by atoms with Crippen LogP contribution in [0.1, 0.15) is 23.9 Å². The highest BCUT2D eigenvalue weighted by Crippen LogP contribution is 2.39. The number of hydrogen-bond donors (Lipinski definition) is 1. The van der Waals surface area contributed by atoms with E-state index in [1.807, 2.05) is 4.57 Å². The number of amides is 2. The van der Waals surface area contributed by atoms with Gasteiger partial charge in [0, 0.05) is 36.3 Å². The van der Waals surface area contributed by atoms with Gasteiger partial charge in [0.2, 0.25) is 5.91 Å². The zero-order chi connectivity index (χ0) is 21.3. The number of nitrogens with zero attached hydrogens (tertiary/aromatic N) is 4. The highest BCUT2D eigenvalue weighted by atomic mass is 32.1. The van der Waals surface area contributed by atoms with Crippen molar-refractivity contribution in [2.75, 3.05) is 11.9 Å². The van der Waals surface area contributed by atoms with E-state index in [1.54, 1.807) is 24.0 Å². The number of allylic oxidation sites excluding steroid dienone is 2. The molecule has 156 valence electrons. The topological polar surface area (TPSA) is 80.1 Å². The number of hydrogen-bond acceptors (Lipinski definition) is 5. The number of imidazole rings is 1. The molecule has 2 aromatic rings. The van der Waals surface area contributed by atoms with Crippen molar-refractivity contribution < 1.29 is 14.0 Å². The summed E-state index contributed by atoms with van der Waals surface area (Å²) in [6, 6.07) is -0.972. The van der Waals surface area contributed by atoms with Crippen LogP contribution in [0, 0.1) is 11.8 Å². The number of carbonyl (C=O) groups excluding carboxylic acids is 2. The third kappa shape index (κ3) is 3.49. The average Bonchev–Trinajstić information content (AvgIpc) is 3.49. The quantitative estimate of drug-likeness (QED) is 0.543. The second-order valence-corrected chi connectivity index (χ2v) is 8.15. The molecular formula is C21H22FN5O2S. The van der Waals surface area contributed by atoms with E-state index in [-0.39, 0.29) is 6.54 Å². The normalized spacial score (nSPS) is 22.1. The van der Waals surface area contributed by atoms with Gasteiger partial charge in [-0.3, -0.25) is 14.9 Å². The number of nitrogens with one attached hydrogen (secondary N) is 1. The predicted octanol–water partition coefficient (Wildman–Crippen LogP) is 3.27. The summed E-state index contributed by atoms with van der Waals surface area (Å²) in [7, 11) is 0. The first-order chi connectivity index (χ1) is 14.5. The molecule has 1 N–H and O–H groups in total. The first-order valence-electron chi connectivity index (χ1n) is 9.70. The predicted molar refractivity (Wildman–Crippen MR) is 112 cm³/mol. The van der Waals surface area contributed by atoms with Crippen molar-refractivity contribution in [3.05, 3.63) is 66.5 Å². The van der Waals surface area contributed by atoms with Crippen molar-refractivity contribution >= 4 is 28.3 Å². The van der Waals surface area contributed by atoms with Crippen LogP contribution in [0.15, 0.2) is 55.1 Å². The number of aromatic nitrogens is 3. The number of thiazole rings is 1. The highest BCUT2D eigenvalue weighted by Gasteiger charge is 2.47. The van der Waals surface area contributed by atoms with E-state index < -0.39 is 35.5 Å². The van der Waals surface area contributed by atoms with Crippen molar-refractivity contribution in [2.24, 2.45) is 11.8 Å². The van der Waals surface area contributed by atoms with Crippen LogP contribution in [0.3, 0.4) is 0 Å². The van der Waals surface area contributed by atoms with E-state index in [2.05, 4.69) is 28.4 Å². The monoisotopic (exact) mass is 427 g/mol. The minimum Gasteiger partial charge on any atom is -0.334 e. The van der Waals surface area contributed by atoms with Crippen LogP contribution in [0.5, 0.6) is 0 Å². The Morgan fingerprint density at radius 1 is 1.40 bits per heavy atom. The summed E-state index contributed by atoms with van der Waals surface area (Å²) in [6.45, 7) is 8.26. The number of anilines is 1. The summed E-state index contributed by atoms with van der Waals surface area (Å²) in [5.41, 5.74) is 1.47. The molecular weight excluding hydrogens is 405 g/mol. The number of halogens is 1. The third-order valence-corrected chi connectivity index (χ3v) is 6.22. The number of likely N-dealkylation sites (tertiary alicyclic amines) is 1. The van der Waals surface area contributed by atoms with Gasteiger partial charge in [0.15, 0.2) is 11.2 Å². The van der Waals surface area contributed by atoms with Crippen molar-refractivity contribution in [1.29, 1.82) is 0 Å². The molecule has 7 nitrogen and oxygen atoms in total. The maximum Gasteiger partial charge on any atom is 0.255 e. The molecule has 2 amide bonds. The molecule has 3 unspecified atom stereocenters. The Kier molecular flexibility index (Phi) is 5.63. The van der Waals surface area contributed by atoms with Crippen LogP contribution in [0.25, 0.3) is 0 Å². The molecule has 2 aliphatic rings. The Balaban J connectivity index is 1.73. The van der Waals surface area contributed by atoms with E-state index >= 15 is 0 Å². The summed E-state index contributed by atoms with van der Waals surface area (Å²) in [5.74, 6) is -2.94. The molecule has 30 heavy (non-hydrogen) atoms. The molecule has 3 atom stereocenters. The largest absolute Gasteiger partial charge is 0.334 e. The van der Waals surface area contributed by atoms with Crippen LogP contribution in [0.2, 0.25) is 0 Å². The minimum absolute atomic E-state index is 0.174. The molecule has 0 radical (unpaired) electrons. The lowest BCUT2D eigenvalue weighted by Gasteiger charge is -2.26. The first-order valence-corrected chi connectivity index (χ1v) is 10.6. The Bertz CT molecular complexity index is 1010. The smallest absolute Gasteiger partial charge is 0.255 e. The molecule has 1 fully saturated rings. The molecule has 0 saturated carbocycles. The second-order valence-electron chi connectivity index (χ2n) is 7.26. The zero-order valence-corrected chi connectivity index (χ0v) is 17.1. The summed E-state index contributed by atoms with van der Waals surface area (Å²) in [6.07, 6.45) is 9.06. The van der Waals surface area contributed by atoms with Crippen LogP contribution in [-0.2, 0) is 22.6 Å². The minimum atomic E-state index is -1.02. The van der Waals surface area contributed by atoms with E-state index in [1.165, 1.54) is 28.4 Å². The highest BCUT2D eigenvalue weighted by molar-refractivity contribution is 7.13. The molecule has 4 rings (SSSR count). The zero-order valence-electron chi connectivity index (χ0n) is 16.3. The van der Waals surface area contributed by atoms with Gasteiger partial charge in [-0.05, 0) is 18.9 Å². The van der Waals surface area contributed by atoms with Gasteiger partial charge >= 0.3 is 0 Å². The second kappa shape index (κ2) is 8.35. The molecule has 2 aromatic heterocycles. The SMILES string of the molecule is C=C/C=C(/F)C1C(=O)N(C(C(=O)Nc2nccs2)c2ncn3c2CCC3)CC1C=C. The third-order valence-electron chi connectivity index (χ3n) is 5.53. The Morgan fingerprint density at radius 3 is 2.93 bits per heavy atom. The van der Waals surface area contributed by atoms with E-state index in [0.29, 0.717) is 10.8 Å². The molecule has 0 spiro atoms. The van der Waals surface area contributed by atoms with Crippen molar-refractivity contribution in [3.8, 4) is 0 Å². The summed E-state index contributed by atoms with van der Waals surface area (Å²) in [4.78, 5) is 36.5. The number of rotatable bonds is 7. The van der Waals surface area contributed by atoms with Crippen LogP contribution < -0.4 is 5.32 Å². The maximum atomic E-state index is 14.7. The van der Waals surface area contributed by atoms with Gasteiger partial charge in [0.05, 0.1) is 17.9 Å². The Labute approximate surface area is 177 Å². The van der Waals surface area contributed by atoms with E-state index in [0.717, 1.165) is 25.1 Å². The van der Waals surface area contributed by atoms with Crippen molar-refractivity contribution in [3.63, 3.8) is 0 Å². The molecule has 9 heteroatoms. The standard InChI is InChI=1S/C21H22FN5O2S/c1-3-6-14(22)16-13(4-2)11-27(20(16)29)18(19(28)25-21-23-8-10-30-21)17-15-7-5-9-26(15)12-24-17/h3-4,6,8,10,12-13,16,18H,1-2,5,7,9,11H2,(H,23,25,28)/b14-6+. The Morgan fingerprint density at radius 2 is 2.23 bits per heavy atom. The molecule has 0 aromatic carbocycles. The van der Waals surface area contributed by atoms with Crippen molar-refractivity contribution in [2.45, 2.75) is 25.4 Å². The molecule has 2 aliphatic heterocycles. The fourth-order valence-electron chi connectivity index (χ4n) is 4.17. The van der Waals surface area contributed by atoms with Gasteiger partial charge in [-0.2, -0.15) is 0 Å². The summed E-state index contributed by atoms with van der Waals surface area (Å²) < 4.78 is 16.7. The fraction of sp³-hybridized carbons (Fsp3) is 0.333. The van der Waals surface area contributed by atoms with Crippen LogP contribution >= 0.6 is 11.3 Å². The van der Waals surface area contributed by atoms with Crippen LogP contribution in [0.4, 0.5) is 9.52 Å². The van der Waals surface area contributed by atoms with E-state index in [9.17, 15) is 14.0 Å². The van der Waals surface area contributed by atoms with E-state index in [4.69, 9.17) is 0 Å². The summed E-state index contributed by atoms with van der Waals surface area (Å²) in [5, 5.41) is 4.96. The average molecular weight is 428 g/mol. The lowest BCUT2D eigenvalue weighted by Crippen LogP contribution is -2.40. The lowest BCUT2D eigenvalue weighted by atomic mass is 9.94. The Hall–Kier alpha value is -3.07. The fourth-order valence-corrected chi connectivity index (χ4v) is 4.70. The lowest BCUT2D eigenvalue weighted by molar-refractivity contribution is -0.137. The molecule has 1 saturated heterocycles. The van der Waals surface area contributed by atoms with Gasteiger partial charge in [0.25, 0.3) is 5.91 Å². The van der Waals surface area contributed by atoms with Gasteiger partial charge in [-0.15, -0.1) is 17.9 Å². The van der Waals surface area contributed by atoms with Crippen molar-refractivity contribution in [1.82, 2.24) is 19.4 Å². The maximum absolute atomic E-state index is 14.7. The number of aryl methyl sites for hydroxylation is 1. The summed E-state index contributed by atoms with van der Waals surface area (Å²) >= 11 is 1.28.